The number of hydrogen-bond donors (Lipinski definition) is 2. The van der Waals surface area contributed by atoms with Gasteiger partial charge in [-0.15, -0.1) is 0 Å². The number of hydrogen-bond acceptors (Lipinski definition) is 5. The number of nitrogens with one attached hydrogen (secondary N) is 1. The summed E-state index contributed by atoms with van der Waals surface area (Å²) in [7, 11) is 0. The number of nitrogen functional groups attached to an aromatic ring is 1. The minimum atomic E-state index is -0.407. The van der Waals surface area contributed by atoms with E-state index >= 15 is 0 Å². The van der Waals surface area contributed by atoms with Crippen molar-refractivity contribution in [2.45, 2.75) is 40.0 Å². The molecule has 3 N–H and O–H groups in total. The molecule has 1 rings (SSSR count). The van der Waals surface area contributed by atoms with Gasteiger partial charge in [0.05, 0.1) is 17.9 Å². The minimum Gasteiger partial charge on any atom is -0.462 e. The average molecular weight is 279 g/mol. The van der Waals surface area contributed by atoms with Gasteiger partial charge in [-0.3, -0.25) is 0 Å². The molecule has 0 saturated carbocycles. The first-order valence-corrected chi connectivity index (χ1v) is 7.21. The van der Waals surface area contributed by atoms with Crippen molar-refractivity contribution in [2.24, 2.45) is 5.92 Å². The van der Waals surface area contributed by atoms with Crippen LogP contribution in [0.5, 0.6) is 0 Å². The molecule has 0 atom stereocenters. The fraction of sp³-hybridized carbons (Fsp3) is 0.600. The normalized spacial score (nSPS) is 10.6. The van der Waals surface area contributed by atoms with Crippen LogP contribution >= 0.6 is 0 Å². The van der Waals surface area contributed by atoms with Crippen molar-refractivity contribution in [1.29, 1.82) is 0 Å². The molecule has 0 aromatic carbocycles. The van der Waals surface area contributed by atoms with E-state index in [1.807, 2.05) is 0 Å². The Balaban J connectivity index is 2.54. The van der Waals surface area contributed by atoms with Crippen molar-refractivity contribution in [3.05, 3.63) is 17.8 Å². The highest BCUT2D eigenvalue weighted by Gasteiger charge is 2.14. The Morgan fingerprint density at radius 1 is 1.45 bits per heavy atom. The number of nitrogens with zero attached hydrogens (tertiary/aromatic N) is 1. The molecule has 0 aliphatic rings. The van der Waals surface area contributed by atoms with E-state index in [0.29, 0.717) is 23.7 Å². The topological polar surface area (TPSA) is 77.2 Å². The van der Waals surface area contributed by atoms with Gasteiger partial charge >= 0.3 is 5.97 Å². The number of aromatic nitrogens is 1. The Hall–Kier alpha value is -1.78. The smallest absolute Gasteiger partial charge is 0.340 e. The summed E-state index contributed by atoms with van der Waals surface area (Å²) in [5, 5.41) is 3.18. The fourth-order valence-corrected chi connectivity index (χ4v) is 1.89. The van der Waals surface area contributed by atoms with Gasteiger partial charge in [-0.05, 0) is 25.3 Å². The molecule has 1 aromatic heterocycles. The highest BCUT2D eigenvalue weighted by atomic mass is 16.5. The van der Waals surface area contributed by atoms with E-state index in [9.17, 15) is 4.79 Å². The molecule has 112 valence electrons. The first-order chi connectivity index (χ1) is 9.56. The summed E-state index contributed by atoms with van der Waals surface area (Å²) in [6.45, 7) is 7.34. The maximum Gasteiger partial charge on any atom is 0.340 e. The second-order valence-corrected chi connectivity index (χ2v) is 5.16. The zero-order valence-electron chi connectivity index (χ0n) is 12.6. The van der Waals surface area contributed by atoms with Gasteiger partial charge in [0.1, 0.15) is 5.82 Å². The van der Waals surface area contributed by atoms with E-state index in [2.05, 4.69) is 24.1 Å². The molecule has 1 aromatic rings. The van der Waals surface area contributed by atoms with Crippen molar-refractivity contribution in [3.8, 4) is 0 Å². The molecular formula is C15H25N3O2. The van der Waals surface area contributed by atoms with Gasteiger partial charge in [0.2, 0.25) is 0 Å². The highest BCUT2D eigenvalue weighted by Crippen LogP contribution is 2.21. The summed E-state index contributed by atoms with van der Waals surface area (Å²) in [6.07, 6.45) is 5.01. The maximum atomic E-state index is 11.7. The zero-order valence-corrected chi connectivity index (χ0v) is 12.6. The van der Waals surface area contributed by atoms with Crippen LogP contribution < -0.4 is 11.1 Å². The third kappa shape index (κ3) is 5.07. The molecule has 20 heavy (non-hydrogen) atoms. The summed E-state index contributed by atoms with van der Waals surface area (Å²) in [6, 6.07) is 1.58. The summed E-state index contributed by atoms with van der Waals surface area (Å²) in [5.74, 6) is 0.876. The van der Waals surface area contributed by atoms with E-state index in [1.165, 1.54) is 12.8 Å². The van der Waals surface area contributed by atoms with Crippen LogP contribution in [0.1, 0.15) is 50.4 Å². The number of carbonyl (C=O) groups excluding carboxylic acids is 1. The number of unbranched alkanes of at least 4 members (excludes halogenated alkanes) is 1. The molecule has 0 fully saturated rings. The van der Waals surface area contributed by atoms with Crippen LogP contribution in [0.4, 0.5) is 11.5 Å². The number of carbonyl (C=O) groups is 1. The number of rotatable bonds is 8. The van der Waals surface area contributed by atoms with Crippen LogP contribution in [-0.4, -0.2) is 24.1 Å². The molecule has 0 bridgehead atoms. The quantitative estimate of drug-likeness (QED) is 0.565. The highest BCUT2D eigenvalue weighted by molar-refractivity contribution is 5.97. The Bertz CT molecular complexity index is 433. The second-order valence-electron chi connectivity index (χ2n) is 5.16. The molecular weight excluding hydrogens is 254 g/mol. The van der Waals surface area contributed by atoms with Gasteiger partial charge < -0.3 is 15.8 Å². The molecule has 0 radical (unpaired) electrons. The Labute approximate surface area is 120 Å². The van der Waals surface area contributed by atoms with Crippen molar-refractivity contribution in [1.82, 2.24) is 4.98 Å². The van der Waals surface area contributed by atoms with E-state index < -0.39 is 5.97 Å². The van der Waals surface area contributed by atoms with Gasteiger partial charge in [-0.25, -0.2) is 9.78 Å². The van der Waals surface area contributed by atoms with E-state index in [0.717, 1.165) is 18.9 Å². The summed E-state index contributed by atoms with van der Waals surface area (Å²) in [4.78, 5) is 15.9. The van der Waals surface area contributed by atoms with Gasteiger partial charge in [0.25, 0.3) is 0 Å². The van der Waals surface area contributed by atoms with Crippen molar-refractivity contribution in [2.75, 3.05) is 24.2 Å². The number of nitrogens with two attached hydrogens (primary N) is 1. The van der Waals surface area contributed by atoms with E-state index in [1.54, 1.807) is 19.2 Å². The van der Waals surface area contributed by atoms with Crippen molar-refractivity contribution >= 4 is 17.5 Å². The zero-order chi connectivity index (χ0) is 15.0. The van der Waals surface area contributed by atoms with Gasteiger partial charge in [-0.1, -0.05) is 26.7 Å². The lowest BCUT2D eigenvalue weighted by molar-refractivity contribution is 0.0527. The molecule has 0 saturated heterocycles. The Kier molecular flexibility index (Phi) is 6.84. The molecule has 5 nitrogen and oxygen atoms in total. The Morgan fingerprint density at radius 3 is 2.85 bits per heavy atom. The number of ether oxygens (including phenoxy) is 1. The first-order valence-electron chi connectivity index (χ1n) is 7.21. The summed E-state index contributed by atoms with van der Waals surface area (Å²) in [5.41, 5.74) is 6.68. The number of pyridine rings is 1. The molecule has 5 heteroatoms. The van der Waals surface area contributed by atoms with Crippen LogP contribution in [0.15, 0.2) is 12.3 Å². The largest absolute Gasteiger partial charge is 0.462 e. The third-order valence-corrected chi connectivity index (χ3v) is 2.99. The third-order valence-electron chi connectivity index (χ3n) is 2.99. The predicted molar refractivity (Wildman–Crippen MR) is 81.8 cm³/mol. The Morgan fingerprint density at radius 2 is 2.20 bits per heavy atom. The van der Waals surface area contributed by atoms with Crippen LogP contribution in [-0.2, 0) is 4.74 Å². The predicted octanol–water partition coefficient (Wildman–Crippen LogP) is 3.08. The lowest BCUT2D eigenvalue weighted by Crippen LogP contribution is -2.12. The SMILES string of the molecule is CCOC(=O)c1ccnc(NCCCCC(C)C)c1N. The number of anilines is 2. The lowest BCUT2D eigenvalue weighted by Gasteiger charge is -2.11. The summed E-state index contributed by atoms with van der Waals surface area (Å²) < 4.78 is 4.96. The summed E-state index contributed by atoms with van der Waals surface area (Å²) >= 11 is 0. The van der Waals surface area contributed by atoms with Gasteiger partial charge in [-0.2, -0.15) is 0 Å². The van der Waals surface area contributed by atoms with Crippen LogP contribution in [0, 0.1) is 5.92 Å². The molecule has 0 unspecified atom stereocenters. The average Bonchev–Trinajstić information content (AvgIpc) is 2.40. The van der Waals surface area contributed by atoms with E-state index in [4.69, 9.17) is 10.5 Å². The minimum absolute atomic E-state index is 0.332. The van der Waals surface area contributed by atoms with Crippen LogP contribution in [0.25, 0.3) is 0 Å². The lowest BCUT2D eigenvalue weighted by atomic mass is 10.1. The standard InChI is InChI=1S/C15H25N3O2/c1-4-20-15(19)12-8-10-18-14(13(12)16)17-9-6-5-7-11(2)3/h8,10-11H,4-7,9,16H2,1-3H3,(H,17,18). The van der Waals surface area contributed by atoms with Crippen LogP contribution in [0.2, 0.25) is 0 Å². The maximum absolute atomic E-state index is 11.7. The first kappa shape index (κ1) is 16.3. The molecule has 0 amide bonds. The molecule has 0 spiro atoms. The molecule has 0 aliphatic heterocycles. The monoisotopic (exact) mass is 279 g/mol. The van der Waals surface area contributed by atoms with Crippen LogP contribution in [0.3, 0.4) is 0 Å². The number of esters is 1. The van der Waals surface area contributed by atoms with Gasteiger partial charge in [0, 0.05) is 12.7 Å². The van der Waals surface area contributed by atoms with Crippen molar-refractivity contribution in [3.63, 3.8) is 0 Å². The van der Waals surface area contributed by atoms with Crippen molar-refractivity contribution < 1.29 is 9.53 Å². The molecule has 1 heterocycles. The van der Waals surface area contributed by atoms with E-state index in [-0.39, 0.29) is 0 Å². The molecule has 0 aliphatic carbocycles. The van der Waals surface area contributed by atoms with Gasteiger partial charge in [0.15, 0.2) is 0 Å². The second kappa shape index (κ2) is 8.40. The fourth-order valence-electron chi connectivity index (χ4n) is 1.89.